The summed E-state index contributed by atoms with van der Waals surface area (Å²) in [4.78, 5) is 25.0. The fraction of sp³-hybridized carbons (Fsp3) is 0.923. The smallest absolute Gasteiger partial charge is 0.325 e. The summed E-state index contributed by atoms with van der Waals surface area (Å²) in [7, 11) is -5.15. The van der Waals surface area contributed by atoms with Crippen LogP contribution >= 0.6 is 0 Å². The molecule has 0 spiro atoms. The molecule has 5 unspecified atom stereocenters. The normalized spacial score (nSPS) is 18.4. The zero-order valence-corrected chi connectivity index (χ0v) is 23.1. The van der Waals surface area contributed by atoms with E-state index in [0.717, 1.165) is 51.4 Å². The quantitative estimate of drug-likeness (QED) is 0.157. The topological polar surface area (TPSA) is 129 Å². The van der Waals surface area contributed by atoms with Crippen LogP contribution in [0.4, 0.5) is 0 Å². The zero-order valence-electron chi connectivity index (χ0n) is 22.3. The first kappa shape index (κ1) is 32.8. The second-order valence-corrected chi connectivity index (χ2v) is 11.8. The summed E-state index contributed by atoms with van der Waals surface area (Å²) in [5, 5.41) is 17.9. The van der Waals surface area contributed by atoms with Crippen LogP contribution < -0.4 is 0 Å². The molecule has 0 saturated heterocycles. The van der Waals surface area contributed by atoms with E-state index in [1.165, 1.54) is 0 Å². The van der Waals surface area contributed by atoms with Gasteiger partial charge in [-0.3, -0.25) is 14.1 Å². The van der Waals surface area contributed by atoms with Crippen LogP contribution in [-0.4, -0.2) is 40.4 Å². The minimum Gasteiger partial charge on any atom is -0.481 e. The molecular weight excluding hydrogens is 456 g/mol. The van der Waals surface area contributed by atoms with E-state index in [0.29, 0.717) is 37.5 Å². The van der Waals surface area contributed by atoms with Crippen molar-refractivity contribution in [2.24, 2.45) is 29.1 Å². The molecule has 8 heteroatoms. The van der Waals surface area contributed by atoms with E-state index in [1.807, 2.05) is 0 Å². The molecule has 0 amide bonds. The fourth-order valence-electron chi connectivity index (χ4n) is 5.65. The van der Waals surface area contributed by atoms with Gasteiger partial charge in [0.25, 0.3) is 10.1 Å². The van der Waals surface area contributed by atoms with E-state index >= 15 is 0 Å². The van der Waals surface area contributed by atoms with Crippen molar-refractivity contribution in [3.05, 3.63) is 0 Å². The lowest BCUT2D eigenvalue weighted by molar-refractivity contribution is -0.164. The van der Waals surface area contributed by atoms with Gasteiger partial charge in [-0.2, -0.15) is 8.42 Å². The lowest BCUT2D eigenvalue weighted by Gasteiger charge is -2.43. The van der Waals surface area contributed by atoms with Crippen molar-refractivity contribution in [3.8, 4) is 0 Å². The molecule has 0 aliphatic rings. The van der Waals surface area contributed by atoms with Gasteiger partial charge in [-0.15, -0.1) is 0 Å². The molecule has 0 fully saturated rings. The highest BCUT2D eigenvalue weighted by Crippen LogP contribution is 2.48. The molecular formula is C26H50O7S. The average Bonchev–Trinajstić information content (AvgIpc) is 2.75. The molecule has 34 heavy (non-hydrogen) atoms. The molecule has 0 saturated carbocycles. The van der Waals surface area contributed by atoms with Crippen molar-refractivity contribution < 1.29 is 32.8 Å². The van der Waals surface area contributed by atoms with E-state index in [4.69, 9.17) is 0 Å². The summed E-state index contributed by atoms with van der Waals surface area (Å²) in [5.41, 5.74) is -2.12. The van der Waals surface area contributed by atoms with Gasteiger partial charge in [0, 0.05) is 0 Å². The van der Waals surface area contributed by atoms with Gasteiger partial charge in [0.2, 0.25) is 0 Å². The van der Waals surface area contributed by atoms with E-state index < -0.39 is 44.6 Å². The van der Waals surface area contributed by atoms with E-state index in [-0.39, 0.29) is 0 Å². The van der Waals surface area contributed by atoms with Gasteiger partial charge in [-0.25, -0.2) is 0 Å². The van der Waals surface area contributed by atoms with Crippen LogP contribution in [-0.2, 0) is 19.7 Å². The molecule has 5 atom stereocenters. The van der Waals surface area contributed by atoms with Gasteiger partial charge in [-0.05, 0) is 36.5 Å². The Morgan fingerprint density at radius 3 is 1.35 bits per heavy atom. The highest BCUT2D eigenvalue weighted by Gasteiger charge is 2.61. The largest absolute Gasteiger partial charge is 0.481 e. The molecule has 0 bridgehead atoms. The number of carbonyl (C=O) groups is 2. The van der Waals surface area contributed by atoms with Crippen molar-refractivity contribution in [2.45, 2.75) is 124 Å². The van der Waals surface area contributed by atoms with Crippen LogP contribution in [0.5, 0.6) is 0 Å². The summed E-state index contributed by atoms with van der Waals surface area (Å²) in [5.74, 6) is -4.00. The SMILES string of the molecule is CCCCC(CC)CCC(C)C(C(=O)O)(C(C)CCC(CC)CCCC)C(C(=O)O)S(=O)(=O)O. The third kappa shape index (κ3) is 9.14. The molecule has 202 valence electrons. The van der Waals surface area contributed by atoms with Gasteiger partial charge in [0.1, 0.15) is 5.41 Å². The first-order chi connectivity index (χ1) is 15.8. The summed E-state index contributed by atoms with van der Waals surface area (Å²) in [6, 6.07) is 0. The predicted molar refractivity (Wildman–Crippen MR) is 136 cm³/mol. The van der Waals surface area contributed by atoms with Gasteiger partial charge in [0.05, 0.1) is 0 Å². The molecule has 0 aromatic rings. The maximum Gasteiger partial charge on any atom is 0.325 e. The molecule has 0 rings (SSSR count). The average molecular weight is 507 g/mol. The fourth-order valence-corrected chi connectivity index (χ4v) is 6.97. The van der Waals surface area contributed by atoms with Gasteiger partial charge >= 0.3 is 11.9 Å². The van der Waals surface area contributed by atoms with Crippen LogP contribution in [0.3, 0.4) is 0 Å². The van der Waals surface area contributed by atoms with E-state index in [2.05, 4.69) is 27.7 Å². The van der Waals surface area contributed by atoms with Gasteiger partial charge in [0.15, 0.2) is 5.25 Å². The summed E-state index contributed by atoms with van der Waals surface area (Å²) >= 11 is 0. The highest BCUT2D eigenvalue weighted by atomic mass is 32.2. The molecule has 3 N–H and O–H groups in total. The van der Waals surface area contributed by atoms with Crippen molar-refractivity contribution in [1.29, 1.82) is 0 Å². The Morgan fingerprint density at radius 1 is 0.735 bits per heavy atom. The maximum absolute atomic E-state index is 12.8. The molecule has 0 aliphatic heterocycles. The predicted octanol–water partition coefficient (Wildman–Crippen LogP) is 6.66. The van der Waals surface area contributed by atoms with E-state index in [9.17, 15) is 32.8 Å². The Balaban J connectivity index is 6.23. The summed E-state index contributed by atoms with van der Waals surface area (Å²) in [6.45, 7) is 11.7. The second-order valence-electron chi connectivity index (χ2n) is 10.3. The number of unbranched alkanes of at least 4 members (excludes halogenated alkanes) is 2. The molecule has 0 aromatic carbocycles. The molecule has 0 aliphatic carbocycles. The summed E-state index contributed by atoms with van der Waals surface area (Å²) in [6.07, 6.45) is 10.3. The van der Waals surface area contributed by atoms with Crippen LogP contribution in [0.25, 0.3) is 0 Å². The zero-order chi connectivity index (χ0) is 26.5. The van der Waals surface area contributed by atoms with Crippen molar-refractivity contribution >= 4 is 22.1 Å². The molecule has 0 heterocycles. The first-order valence-corrected chi connectivity index (χ1v) is 14.8. The van der Waals surface area contributed by atoms with Crippen LogP contribution in [0.1, 0.15) is 119 Å². The summed E-state index contributed by atoms with van der Waals surface area (Å²) < 4.78 is 34.6. The van der Waals surface area contributed by atoms with Crippen LogP contribution in [0, 0.1) is 29.1 Å². The van der Waals surface area contributed by atoms with Gasteiger partial charge < -0.3 is 10.2 Å². The molecule has 7 nitrogen and oxygen atoms in total. The number of aliphatic carboxylic acids is 2. The third-order valence-corrected chi connectivity index (χ3v) is 9.25. The Kier molecular flexibility index (Phi) is 15.2. The number of hydrogen-bond acceptors (Lipinski definition) is 4. The lowest BCUT2D eigenvalue weighted by atomic mass is 9.62. The minimum atomic E-state index is -5.15. The Morgan fingerprint density at radius 2 is 1.12 bits per heavy atom. The van der Waals surface area contributed by atoms with Crippen molar-refractivity contribution in [1.82, 2.24) is 0 Å². The number of carboxylic acids is 2. The number of carboxylic acid groups (broad SMARTS) is 2. The second kappa shape index (κ2) is 15.8. The third-order valence-electron chi connectivity index (χ3n) is 8.06. The van der Waals surface area contributed by atoms with E-state index in [1.54, 1.807) is 13.8 Å². The van der Waals surface area contributed by atoms with Crippen molar-refractivity contribution in [2.75, 3.05) is 0 Å². The highest BCUT2D eigenvalue weighted by molar-refractivity contribution is 7.87. The maximum atomic E-state index is 12.8. The first-order valence-electron chi connectivity index (χ1n) is 13.3. The minimum absolute atomic E-state index is 0.372. The lowest BCUT2D eigenvalue weighted by Crippen LogP contribution is -2.58. The Hall–Kier alpha value is -1.15. The Bertz CT molecular complexity index is 678. The van der Waals surface area contributed by atoms with Crippen LogP contribution in [0.2, 0.25) is 0 Å². The molecule has 0 aromatic heterocycles. The van der Waals surface area contributed by atoms with Crippen LogP contribution in [0.15, 0.2) is 0 Å². The van der Waals surface area contributed by atoms with Crippen molar-refractivity contribution in [3.63, 3.8) is 0 Å². The van der Waals surface area contributed by atoms with Gasteiger partial charge in [-0.1, -0.05) is 106 Å². The Labute approximate surface area is 207 Å². The standard InChI is InChI=1S/C26H50O7S/c1-7-11-13-21(9-3)17-15-19(5)26(25(29)30,23(24(27)28)34(31,32)33)20(6)16-18-22(10-4)14-12-8-2/h19-23H,7-18H2,1-6H3,(H,27,28)(H,29,30)(H,31,32,33). The number of rotatable bonds is 20. The molecule has 0 radical (unpaired) electrons. The number of hydrogen-bond donors (Lipinski definition) is 3. The monoisotopic (exact) mass is 506 g/mol.